The number of carbonyl (C=O) groups is 1. The number of hydrogen-bond acceptors (Lipinski definition) is 5. The third-order valence-electron chi connectivity index (χ3n) is 4.25. The molecule has 24 heavy (non-hydrogen) atoms. The van der Waals surface area contributed by atoms with E-state index in [1.54, 1.807) is 0 Å². The number of carbonyl (C=O) groups excluding carboxylic acids is 1. The third-order valence-corrected chi connectivity index (χ3v) is 4.25. The first-order valence-electron chi connectivity index (χ1n) is 9.07. The number of amides is 1. The van der Waals surface area contributed by atoms with E-state index in [4.69, 9.17) is 9.47 Å². The Morgan fingerprint density at radius 2 is 1.83 bits per heavy atom. The summed E-state index contributed by atoms with van der Waals surface area (Å²) in [4.78, 5) is 14.1. The zero-order valence-corrected chi connectivity index (χ0v) is 16.4. The quantitative estimate of drug-likeness (QED) is 0.663. The Bertz CT molecular complexity index is 372. The van der Waals surface area contributed by atoms with E-state index in [9.17, 15) is 4.79 Å². The number of nitrogens with one attached hydrogen (secondary N) is 2. The summed E-state index contributed by atoms with van der Waals surface area (Å²) in [5.74, 6) is 0. The van der Waals surface area contributed by atoms with E-state index in [0.717, 1.165) is 52.0 Å². The zero-order valence-electron chi connectivity index (χ0n) is 16.4. The molecule has 0 heterocycles. The van der Waals surface area contributed by atoms with Crippen LogP contribution in [0.3, 0.4) is 0 Å². The lowest BCUT2D eigenvalue weighted by Gasteiger charge is -2.38. The van der Waals surface area contributed by atoms with Crippen molar-refractivity contribution >= 4 is 6.09 Å². The number of hydrogen-bond donors (Lipinski definition) is 2. The van der Waals surface area contributed by atoms with Crippen molar-refractivity contribution in [2.45, 2.75) is 70.6 Å². The van der Waals surface area contributed by atoms with Crippen LogP contribution < -0.4 is 10.6 Å². The minimum Gasteiger partial charge on any atom is -0.444 e. The predicted molar refractivity (Wildman–Crippen MR) is 97.4 cm³/mol. The highest BCUT2D eigenvalue weighted by Crippen LogP contribution is 2.28. The first-order chi connectivity index (χ1) is 11.1. The van der Waals surface area contributed by atoms with Gasteiger partial charge in [-0.15, -0.1) is 0 Å². The van der Waals surface area contributed by atoms with Gasteiger partial charge in [-0.1, -0.05) is 0 Å². The molecule has 1 fully saturated rings. The number of nitrogens with zero attached hydrogens (tertiary/aromatic N) is 1. The van der Waals surface area contributed by atoms with E-state index in [2.05, 4.69) is 22.5 Å². The normalized spacial score (nSPS) is 24.9. The molecule has 0 aromatic carbocycles. The summed E-state index contributed by atoms with van der Waals surface area (Å²) in [5, 5.41) is 6.61. The van der Waals surface area contributed by atoms with Gasteiger partial charge in [-0.25, -0.2) is 4.79 Å². The number of alkyl carbamates (subject to hydrolysis) is 1. The fraction of sp³-hybridized carbons (Fsp3) is 0.944. The predicted octanol–water partition coefficient (Wildman–Crippen LogP) is 2.38. The number of ether oxygens (including phenoxy) is 2. The molecule has 0 bridgehead atoms. The summed E-state index contributed by atoms with van der Waals surface area (Å²) in [6.07, 6.45) is 3.73. The van der Waals surface area contributed by atoms with E-state index >= 15 is 0 Å². The Hall–Kier alpha value is -0.850. The van der Waals surface area contributed by atoms with Gasteiger partial charge in [-0.2, -0.15) is 0 Å². The average molecular weight is 344 g/mol. The molecule has 1 aliphatic carbocycles. The molecular weight excluding hydrogens is 306 g/mol. The summed E-state index contributed by atoms with van der Waals surface area (Å²) >= 11 is 0. The maximum Gasteiger partial charge on any atom is 0.408 e. The van der Waals surface area contributed by atoms with Crippen LogP contribution in [0.5, 0.6) is 0 Å². The maximum absolute atomic E-state index is 12.0. The second-order valence-corrected chi connectivity index (χ2v) is 8.33. The van der Waals surface area contributed by atoms with Gasteiger partial charge in [0, 0.05) is 24.7 Å². The van der Waals surface area contributed by atoms with E-state index in [0.29, 0.717) is 6.04 Å². The van der Waals surface area contributed by atoms with Gasteiger partial charge in [0.15, 0.2) is 0 Å². The van der Waals surface area contributed by atoms with Crippen LogP contribution in [0.4, 0.5) is 4.79 Å². The van der Waals surface area contributed by atoms with Crippen molar-refractivity contribution in [3.05, 3.63) is 0 Å². The van der Waals surface area contributed by atoms with Crippen LogP contribution in [-0.4, -0.2) is 68.6 Å². The molecule has 0 aromatic heterocycles. The summed E-state index contributed by atoms with van der Waals surface area (Å²) in [7, 11) is 4.10. The van der Waals surface area contributed by atoms with Crippen molar-refractivity contribution < 1.29 is 14.3 Å². The molecule has 0 aromatic rings. The highest BCUT2D eigenvalue weighted by molar-refractivity contribution is 5.68. The smallest absolute Gasteiger partial charge is 0.408 e. The van der Waals surface area contributed by atoms with Crippen LogP contribution in [0.2, 0.25) is 0 Å². The van der Waals surface area contributed by atoms with E-state index in [-0.39, 0.29) is 11.6 Å². The molecule has 0 spiro atoms. The van der Waals surface area contributed by atoms with Crippen LogP contribution in [0.1, 0.15) is 53.4 Å². The topological polar surface area (TPSA) is 62.8 Å². The van der Waals surface area contributed by atoms with Crippen molar-refractivity contribution in [2.24, 2.45) is 0 Å². The molecule has 0 unspecified atom stereocenters. The van der Waals surface area contributed by atoms with Crippen molar-refractivity contribution in [3.63, 3.8) is 0 Å². The van der Waals surface area contributed by atoms with Gasteiger partial charge in [-0.3, -0.25) is 0 Å². The van der Waals surface area contributed by atoms with E-state index in [1.165, 1.54) is 0 Å². The molecule has 2 N–H and O–H groups in total. The van der Waals surface area contributed by atoms with Gasteiger partial charge in [0.1, 0.15) is 5.60 Å². The van der Waals surface area contributed by atoms with Gasteiger partial charge in [0.25, 0.3) is 0 Å². The largest absolute Gasteiger partial charge is 0.444 e. The average Bonchev–Trinajstić information content (AvgIpc) is 2.42. The second-order valence-electron chi connectivity index (χ2n) is 8.33. The molecule has 1 amide bonds. The standard InChI is InChI=1S/C18H37N3O3/c1-17(2,3)24-16(22)20-18(4)9-7-15(8-10-18)19-11-13-23-14-12-21(5)6/h15,19H,7-14H2,1-6H3,(H,20,22). The Kier molecular flexibility index (Phi) is 8.46. The summed E-state index contributed by atoms with van der Waals surface area (Å²) in [6.45, 7) is 11.1. The lowest BCUT2D eigenvalue weighted by atomic mass is 9.81. The molecule has 6 heteroatoms. The highest BCUT2D eigenvalue weighted by Gasteiger charge is 2.33. The number of likely N-dealkylation sites (N-methyl/N-ethyl adjacent to an activating group) is 1. The number of rotatable bonds is 8. The molecule has 142 valence electrons. The lowest BCUT2D eigenvalue weighted by Crippen LogP contribution is -2.52. The fourth-order valence-corrected chi connectivity index (χ4v) is 2.82. The Labute approximate surface area is 147 Å². The molecule has 0 aliphatic heterocycles. The molecule has 1 rings (SSSR count). The van der Waals surface area contributed by atoms with Crippen LogP contribution in [0.15, 0.2) is 0 Å². The van der Waals surface area contributed by atoms with Crippen LogP contribution >= 0.6 is 0 Å². The molecule has 0 radical (unpaired) electrons. The van der Waals surface area contributed by atoms with E-state index < -0.39 is 5.60 Å². The van der Waals surface area contributed by atoms with Gasteiger partial charge >= 0.3 is 6.09 Å². The van der Waals surface area contributed by atoms with Crippen molar-refractivity contribution in [1.29, 1.82) is 0 Å². The first kappa shape index (κ1) is 21.2. The second kappa shape index (κ2) is 9.59. The monoisotopic (exact) mass is 343 g/mol. The summed E-state index contributed by atoms with van der Waals surface area (Å²) in [5.41, 5.74) is -0.617. The molecule has 6 nitrogen and oxygen atoms in total. The van der Waals surface area contributed by atoms with Crippen LogP contribution in [0, 0.1) is 0 Å². The first-order valence-corrected chi connectivity index (χ1v) is 9.07. The molecular formula is C18H37N3O3. The van der Waals surface area contributed by atoms with Crippen molar-refractivity contribution in [3.8, 4) is 0 Å². The Balaban J connectivity index is 2.17. The van der Waals surface area contributed by atoms with Crippen molar-refractivity contribution in [1.82, 2.24) is 15.5 Å². The third kappa shape index (κ3) is 9.45. The van der Waals surface area contributed by atoms with Gasteiger partial charge in [0.05, 0.1) is 13.2 Å². The van der Waals surface area contributed by atoms with Crippen molar-refractivity contribution in [2.75, 3.05) is 40.4 Å². The van der Waals surface area contributed by atoms with Crippen LogP contribution in [-0.2, 0) is 9.47 Å². The maximum atomic E-state index is 12.0. The Morgan fingerprint density at radius 3 is 2.38 bits per heavy atom. The minimum absolute atomic E-state index is 0.164. The van der Waals surface area contributed by atoms with E-state index in [1.807, 2.05) is 34.9 Å². The lowest BCUT2D eigenvalue weighted by molar-refractivity contribution is 0.0430. The Morgan fingerprint density at radius 1 is 1.21 bits per heavy atom. The molecule has 1 aliphatic rings. The summed E-state index contributed by atoms with van der Waals surface area (Å²) < 4.78 is 11.0. The minimum atomic E-state index is -0.453. The molecule has 0 saturated heterocycles. The molecule has 0 atom stereocenters. The SMILES string of the molecule is CN(C)CCOCCNC1CCC(C)(NC(=O)OC(C)(C)C)CC1. The fourth-order valence-electron chi connectivity index (χ4n) is 2.82. The van der Waals surface area contributed by atoms with Gasteiger partial charge in [0.2, 0.25) is 0 Å². The van der Waals surface area contributed by atoms with Gasteiger partial charge < -0.3 is 25.0 Å². The summed E-state index contributed by atoms with van der Waals surface area (Å²) in [6, 6.07) is 0.510. The zero-order chi connectivity index (χ0) is 18.2. The molecule has 1 saturated carbocycles. The van der Waals surface area contributed by atoms with Gasteiger partial charge in [-0.05, 0) is 67.5 Å². The highest BCUT2D eigenvalue weighted by atomic mass is 16.6. The van der Waals surface area contributed by atoms with Crippen LogP contribution in [0.25, 0.3) is 0 Å².